The molecule has 25 heavy (non-hydrogen) atoms. The second-order valence-electron chi connectivity index (χ2n) is 6.30. The van der Waals surface area contributed by atoms with E-state index in [2.05, 4.69) is 5.32 Å². The first kappa shape index (κ1) is 18.5. The number of carboxylic acid groups (broad SMARTS) is 1. The van der Waals surface area contributed by atoms with Crippen LogP contribution < -0.4 is 10.1 Å². The van der Waals surface area contributed by atoms with Gasteiger partial charge in [-0.1, -0.05) is 42.5 Å². The first-order valence-electron chi connectivity index (χ1n) is 8.13. The number of hydrogen-bond donors (Lipinski definition) is 2. The molecule has 0 spiro atoms. The van der Waals surface area contributed by atoms with Crippen molar-refractivity contribution in [3.63, 3.8) is 0 Å². The molecule has 132 valence electrons. The number of carboxylic acids is 1. The normalized spacial score (nSPS) is 14.2. The fraction of sp³-hybridized carbons (Fsp3) is 0.300. The van der Waals surface area contributed by atoms with Crippen molar-refractivity contribution in [3.05, 3.63) is 65.7 Å². The summed E-state index contributed by atoms with van der Waals surface area (Å²) in [5.74, 6) is -0.747. The van der Waals surface area contributed by atoms with Crippen molar-refractivity contribution in [3.8, 4) is 5.75 Å². The molecule has 0 aliphatic heterocycles. The van der Waals surface area contributed by atoms with Crippen molar-refractivity contribution in [2.45, 2.75) is 32.3 Å². The van der Waals surface area contributed by atoms with Crippen LogP contribution in [-0.2, 0) is 15.0 Å². The minimum absolute atomic E-state index is 0.0211. The SMILES string of the molecule is Cc1cccc(OC(C)C(=O)NCC(C)(C(=O)O)c2ccccc2)c1. The van der Waals surface area contributed by atoms with E-state index in [1.54, 1.807) is 44.2 Å². The molecular formula is C20H23NO4. The standard InChI is InChI=1S/C20H23NO4/c1-14-8-7-11-17(12-14)25-15(2)18(22)21-13-20(3,19(23)24)16-9-5-4-6-10-16/h4-12,15H,13H2,1-3H3,(H,21,22)(H,23,24). The Labute approximate surface area is 147 Å². The zero-order valence-corrected chi connectivity index (χ0v) is 14.7. The summed E-state index contributed by atoms with van der Waals surface area (Å²) in [6.45, 7) is 5.15. The Balaban J connectivity index is 2.02. The Kier molecular flexibility index (Phi) is 5.80. The van der Waals surface area contributed by atoms with Gasteiger partial charge in [0.05, 0.1) is 0 Å². The van der Waals surface area contributed by atoms with Crippen molar-refractivity contribution < 1.29 is 19.4 Å². The Morgan fingerprint density at radius 3 is 2.44 bits per heavy atom. The number of hydrogen-bond acceptors (Lipinski definition) is 3. The second-order valence-corrected chi connectivity index (χ2v) is 6.30. The number of carbonyl (C=O) groups is 2. The fourth-order valence-corrected chi connectivity index (χ4v) is 2.46. The highest BCUT2D eigenvalue weighted by Crippen LogP contribution is 2.23. The molecule has 5 nitrogen and oxygen atoms in total. The fourth-order valence-electron chi connectivity index (χ4n) is 2.46. The lowest BCUT2D eigenvalue weighted by Crippen LogP contribution is -2.47. The monoisotopic (exact) mass is 341 g/mol. The van der Waals surface area contributed by atoms with Gasteiger partial charge in [0.1, 0.15) is 11.2 Å². The topological polar surface area (TPSA) is 75.6 Å². The summed E-state index contributed by atoms with van der Waals surface area (Å²) in [6, 6.07) is 16.3. The van der Waals surface area contributed by atoms with Gasteiger partial charge in [-0.3, -0.25) is 9.59 Å². The summed E-state index contributed by atoms with van der Waals surface area (Å²) in [5, 5.41) is 12.3. The van der Waals surface area contributed by atoms with Crippen molar-refractivity contribution in [2.24, 2.45) is 0 Å². The summed E-state index contributed by atoms with van der Waals surface area (Å²) in [7, 11) is 0. The zero-order valence-electron chi connectivity index (χ0n) is 14.7. The molecule has 0 aromatic heterocycles. The third kappa shape index (κ3) is 4.59. The van der Waals surface area contributed by atoms with Crippen molar-refractivity contribution in [1.82, 2.24) is 5.32 Å². The molecule has 0 saturated carbocycles. The first-order valence-corrected chi connectivity index (χ1v) is 8.13. The molecule has 0 saturated heterocycles. The van der Waals surface area contributed by atoms with E-state index < -0.39 is 17.5 Å². The minimum Gasteiger partial charge on any atom is -0.481 e. The predicted molar refractivity (Wildman–Crippen MR) is 95.7 cm³/mol. The van der Waals surface area contributed by atoms with Gasteiger partial charge >= 0.3 is 5.97 Å². The molecule has 2 aromatic carbocycles. The zero-order chi connectivity index (χ0) is 18.4. The maximum absolute atomic E-state index is 12.3. The van der Waals surface area contributed by atoms with E-state index in [0.29, 0.717) is 11.3 Å². The highest BCUT2D eigenvalue weighted by Gasteiger charge is 2.36. The predicted octanol–water partition coefficient (Wildman–Crippen LogP) is 2.92. The number of nitrogens with one attached hydrogen (secondary N) is 1. The molecule has 2 rings (SSSR count). The van der Waals surface area contributed by atoms with E-state index in [1.807, 2.05) is 31.2 Å². The number of benzene rings is 2. The Bertz CT molecular complexity index is 744. The van der Waals surface area contributed by atoms with Crippen LogP contribution in [0.5, 0.6) is 5.75 Å². The van der Waals surface area contributed by atoms with Gasteiger partial charge < -0.3 is 15.2 Å². The maximum atomic E-state index is 12.3. The summed E-state index contributed by atoms with van der Waals surface area (Å²) < 4.78 is 5.63. The average Bonchev–Trinajstić information content (AvgIpc) is 2.59. The van der Waals surface area contributed by atoms with E-state index >= 15 is 0 Å². The van der Waals surface area contributed by atoms with E-state index in [4.69, 9.17) is 4.74 Å². The van der Waals surface area contributed by atoms with E-state index in [-0.39, 0.29) is 12.5 Å². The number of amides is 1. The Morgan fingerprint density at radius 2 is 1.84 bits per heavy atom. The molecule has 0 fully saturated rings. The van der Waals surface area contributed by atoms with Crippen molar-refractivity contribution in [1.29, 1.82) is 0 Å². The lowest BCUT2D eigenvalue weighted by Gasteiger charge is -2.26. The van der Waals surface area contributed by atoms with Crippen LogP contribution >= 0.6 is 0 Å². The highest BCUT2D eigenvalue weighted by atomic mass is 16.5. The van der Waals surface area contributed by atoms with Crippen LogP contribution in [0.3, 0.4) is 0 Å². The summed E-state index contributed by atoms with van der Waals surface area (Å²) in [6.07, 6.45) is -0.726. The van der Waals surface area contributed by atoms with Crippen LogP contribution in [0.25, 0.3) is 0 Å². The van der Waals surface area contributed by atoms with Gasteiger partial charge in [0, 0.05) is 6.54 Å². The van der Waals surface area contributed by atoms with Crippen LogP contribution in [-0.4, -0.2) is 29.6 Å². The molecule has 0 aliphatic carbocycles. The van der Waals surface area contributed by atoms with Gasteiger partial charge in [0.25, 0.3) is 5.91 Å². The van der Waals surface area contributed by atoms with Gasteiger partial charge in [-0.15, -0.1) is 0 Å². The molecule has 1 amide bonds. The molecule has 2 N–H and O–H groups in total. The van der Waals surface area contributed by atoms with Crippen LogP contribution in [0.1, 0.15) is 25.0 Å². The number of carbonyl (C=O) groups excluding carboxylic acids is 1. The minimum atomic E-state index is -1.21. The molecule has 0 heterocycles. The van der Waals surface area contributed by atoms with Crippen LogP contribution in [0.4, 0.5) is 0 Å². The molecule has 0 aliphatic rings. The maximum Gasteiger partial charge on any atom is 0.315 e. The smallest absolute Gasteiger partial charge is 0.315 e. The number of ether oxygens (including phenoxy) is 1. The van der Waals surface area contributed by atoms with Gasteiger partial charge in [-0.05, 0) is 44.0 Å². The van der Waals surface area contributed by atoms with Crippen LogP contribution in [0.2, 0.25) is 0 Å². The first-order chi connectivity index (χ1) is 11.8. The molecule has 2 unspecified atom stereocenters. The average molecular weight is 341 g/mol. The van der Waals surface area contributed by atoms with Gasteiger partial charge in [0.2, 0.25) is 0 Å². The summed E-state index contributed by atoms with van der Waals surface area (Å²) in [5.41, 5.74) is 0.461. The largest absolute Gasteiger partial charge is 0.481 e. The van der Waals surface area contributed by atoms with E-state index in [9.17, 15) is 14.7 Å². The van der Waals surface area contributed by atoms with Gasteiger partial charge in [-0.2, -0.15) is 0 Å². The lowest BCUT2D eigenvalue weighted by atomic mass is 9.82. The molecule has 2 aromatic rings. The van der Waals surface area contributed by atoms with Crippen LogP contribution in [0, 0.1) is 6.92 Å². The molecule has 0 radical (unpaired) electrons. The molecule has 5 heteroatoms. The quantitative estimate of drug-likeness (QED) is 0.812. The highest BCUT2D eigenvalue weighted by molar-refractivity contribution is 5.84. The summed E-state index contributed by atoms with van der Waals surface area (Å²) in [4.78, 5) is 24.1. The van der Waals surface area contributed by atoms with E-state index in [1.165, 1.54) is 0 Å². The number of aryl methyl sites for hydroxylation is 1. The van der Waals surface area contributed by atoms with E-state index in [0.717, 1.165) is 5.56 Å². The third-order valence-corrected chi connectivity index (χ3v) is 4.17. The lowest BCUT2D eigenvalue weighted by molar-refractivity contribution is -0.143. The molecular weight excluding hydrogens is 318 g/mol. The number of aliphatic carboxylic acids is 1. The van der Waals surface area contributed by atoms with Crippen molar-refractivity contribution >= 4 is 11.9 Å². The van der Waals surface area contributed by atoms with Gasteiger partial charge in [-0.25, -0.2) is 0 Å². The van der Waals surface area contributed by atoms with Crippen LogP contribution in [0.15, 0.2) is 54.6 Å². The third-order valence-electron chi connectivity index (χ3n) is 4.17. The Morgan fingerprint density at radius 1 is 1.16 bits per heavy atom. The molecule has 0 bridgehead atoms. The van der Waals surface area contributed by atoms with Gasteiger partial charge in [0.15, 0.2) is 6.10 Å². The molecule has 2 atom stereocenters. The van der Waals surface area contributed by atoms with Crippen molar-refractivity contribution in [2.75, 3.05) is 6.54 Å². The summed E-state index contributed by atoms with van der Waals surface area (Å²) >= 11 is 0. The second kappa shape index (κ2) is 7.83. The Hall–Kier alpha value is -2.82. The number of rotatable bonds is 7.